The van der Waals surface area contributed by atoms with E-state index in [0.29, 0.717) is 0 Å². The van der Waals surface area contributed by atoms with E-state index in [9.17, 15) is 5.11 Å². The molecule has 152 valence electrons. The van der Waals surface area contributed by atoms with Gasteiger partial charge in [-0.25, -0.2) is 0 Å². The third-order valence-corrected chi connectivity index (χ3v) is 5.44. The van der Waals surface area contributed by atoms with Gasteiger partial charge in [0.05, 0.1) is 5.60 Å². The molecule has 0 saturated heterocycles. The molecule has 25 heavy (non-hydrogen) atoms. The minimum atomic E-state index is -0.387. The standard InChI is InChI=1S/C23H49NO/c1-5-9-11-13-17-23(25,18-14-12-10-6-2)19-15-16-22-24(20-7-3)21-8-4/h25H,5-22H2,1-4H3. The lowest BCUT2D eigenvalue weighted by Crippen LogP contribution is -2.30. The van der Waals surface area contributed by atoms with Crippen molar-refractivity contribution >= 4 is 0 Å². The van der Waals surface area contributed by atoms with Crippen LogP contribution in [0.25, 0.3) is 0 Å². The minimum absolute atomic E-state index is 0.387. The first-order chi connectivity index (χ1) is 12.1. The Labute approximate surface area is 159 Å². The van der Waals surface area contributed by atoms with E-state index in [2.05, 4.69) is 32.6 Å². The largest absolute Gasteiger partial charge is 0.390 e. The molecule has 0 rings (SSSR count). The van der Waals surface area contributed by atoms with E-state index >= 15 is 0 Å². The molecule has 0 aromatic heterocycles. The maximum absolute atomic E-state index is 11.2. The summed E-state index contributed by atoms with van der Waals surface area (Å²) < 4.78 is 0. The van der Waals surface area contributed by atoms with Gasteiger partial charge < -0.3 is 10.0 Å². The first kappa shape index (κ1) is 24.9. The summed E-state index contributed by atoms with van der Waals surface area (Å²) in [7, 11) is 0. The summed E-state index contributed by atoms with van der Waals surface area (Å²) >= 11 is 0. The van der Waals surface area contributed by atoms with Gasteiger partial charge in [-0.05, 0) is 64.6 Å². The van der Waals surface area contributed by atoms with Crippen LogP contribution in [0.15, 0.2) is 0 Å². The SMILES string of the molecule is CCCCCCC(O)(CCCCCC)CCCCN(CCC)CCC. The normalized spacial score (nSPS) is 12.2. The fourth-order valence-corrected chi connectivity index (χ4v) is 3.89. The van der Waals surface area contributed by atoms with E-state index in [1.54, 1.807) is 0 Å². The lowest BCUT2D eigenvalue weighted by atomic mass is 9.85. The second kappa shape index (κ2) is 17.3. The number of hydrogen-bond donors (Lipinski definition) is 1. The van der Waals surface area contributed by atoms with Gasteiger partial charge in [-0.1, -0.05) is 79.1 Å². The number of rotatable bonds is 19. The van der Waals surface area contributed by atoms with E-state index in [0.717, 1.165) is 19.3 Å². The number of nitrogens with zero attached hydrogens (tertiary/aromatic N) is 1. The van der Waals surface area contributed by atoms with Crippen LogP contribution in [0.1, 0.15) is 124 Å². The highest BCUT2D eigenvalue weighted by Crippen LogP contribution is 2.28. The lowest BCUT2D eigenvalue weighted by Gasteiger charge is -2.29. The van der Waals surface area contributed by atoms with Crippen molar-refractivity contribution in [3.05, 3.63) is 0 Å². The Morgan fingerprint density at radius 1 is 0.520 bits per heavy atom. The highest BCUT2D eigenvalue weighted by Gasteiger charge is 2.25. The van der Waals surface area contributed by atoms with Crippen LogP contribution in [0.3, 0.4) is 0 Å². The number of unbranched alkanes of at least 4 members (excludes halogenated alkanes) is 7. The summed E-state index contributed by atoms with van der Waals surface area (Å²) in [4.78, 5) is 2.60. The summed E-state index contributed by atoms with van der Waals surface area (Å²) in [5.41, 5.74) is -0.387. The third-order valence-electron chi connectivity index (χ3n) is 5.44. The van der Waals surface area contributed by atoms with Crippen LogP contribution in [0.5, 0.6) is 0 Å². The second-order valence-corrected chi connectivity index (χ2v) is 8.14. The maximum atomic E-state index is 11.2. The zero-order valence-corrected chi connectivity index (χ0v) is 18.1. The molecule has 0 atom stereocenters. The predicted molar refractivity (Wildman–Crippen MR) is 113 cm³/mol. The Bertz CT molecular complexity index is 249. The van der Waals surface area contributed by atoms with Crippen LogP contribution < -0.4 is 0 Å². The van der Waals surface area contributed by atoms with Crippen LogP contribution in [0.4, 0.5) is 0 Å². The Kier molecular flexibility index (Phi) is 17.3. The minimum Gasteiger partial charge on any atom is -0.390 e. The van der Waals surface area contributed by atoms with Crippen molar-refractivity contribution in [1.29, 1.82) is 0 Å². The molecule has 0 radical (unpaired) electrons. The Morgan fingerprint density at radius 2 is 0.960 bits per heavy atom. The Balaban J connectivity index is 4.20. The quantitative estimate of drug-likeness (QED) is 0.253. The molecular weight excluding hydrogens is 306 g/mol. The predicted octanol–water partition coefficient (Wildman–Crippen LogP) is 6.95. The average Bonchev–Trinajstić information content (AvgIpc) is 2.60. The first-order valence-electron chi connectivity index (χ1n) is 11.6. The third kappa shape index (κ3) is 14.7. The molecule has 0 fully saturated rings. The molecule has 0 heterocycles. The van der Waals surface area contributed by atoms with Crippen molar-refractivity contribution in [1.82, 2.24) is 4.90 Å². The van der Waals surface area contributed by atoms with E-state index in [1.165, 1.54) is 96.7 Å². The van der Waals surface area contributed by atoms with Gasteiger partial charge in [0, 0.05) is 0 Å². The van der Waals surface area contributed by atoms with Gasteiger partial charge in [0.15, 0.2) is 0 Å². The second-order valence-electron chi connectivity index (χ2n) is 8.14. The van der Waals surface area contributed by atoms with Crippen molar-refractivity contribution in [2.24, 2.45) is 0 Å². The van der Waals surface area contributed by atoms with Crippen molar-refractivity contribution < 1.29 is 5.11 Å². The van der Waals surface area contributed by atoms with Crippen LogP contribution in [-0.4, -0.2) is 35.2 Å². The van der Waals surface area contributed by atoms with Crippen LogP contribution >= 0.6 is 0 Å². The zero-order chi connectivity index (χ0) is 18.8. The van der Waals surface area contributed by atoms with Gasteiger partial charge in [-0.3, -0.25) is 0 Å². The van der Waals surface area contributed by atoms with E-state index in [-0.39, 0.29) is 5.60 Å². The van der Waals surface area contributed by atoms with Crippen molar-refractivity contribution in [3.63, 3.8) is 0 Å². The summed E-state index contributed by atoms with van der Waals surface area (Å²) in [5.74, 6) is 0. The summed E-state index contributed by atoms with van der Waals surface area (Å²) in [5, 5.41) is 11.2. The van der Waals surface area contributed by atoms with Gasteiger partial charge >= 0.3 is 0 Å². The van der Waals surface area contributed by atoms with E-state index < -0.39 is 0 Å². The first-order valence-corrected chi connectivity index (χ1v) is 11.6. The van der Waals surface area contributed by atoms with E-state index in [4.69, 9.17) is 0 Å². The number of hydrogen-bond acceptors (Lipinski definition) is 2. The highest BCUT2D eigenvalue weighted by molar-refractivity contribution is 4.79. The maximum Gasteiger partial charge on any atom is 0.0647 e. The van der Waals surface area contributed by atoms with Crippen LogP contribution in [0, 0.1) is 0 Å². The molecule has 0 spiro atoms. The molecule has 0 unspecified atom stereocenters. The van der Waals surface area contributed by atoms with Gasteiger partial charge in [0.1, 0.15) is 0 Å². The molecule has 0 aromatic carbocycles. The average molecular weight is 356 g/mol. The molecule has 2 nitrogen and oxygen atoms in total. The van der Waals surface area contributed by atoms with Crippen molar-refractivity contribution in [3.8, 4) is 0 Å². The Hall–Kier alpha value is -0.0800. The van der Waals surface area contributed by atoms with Gasteiger partial charge in [0.2, 0.25) is 0 Å². The fourth-order valence-electron chi connectivity index (χ4n) is 3.89. The van der Waals surface area contributed by atoms with Crippen LogP contribution in [-0.2, 0) is 0 Å². The molecule has 0 aliphatic rings. The summed E-state index contributed by atoms with van der Waals surface area (Å²) in [6.07, 6.45) is 18.1. The summed E-state index contributed by atoms with van der Waals surface area (Å²) in [6.45, 7) is 12.7. The van der Waals surface area contributed by atoms with Gasteiger partial charge in [-0.2, -0.15) is 0 Å². The Morgan fingerprint density at radius 3 is 1.36 bits per heavy atom. The molecule has 0 saturated carbocycles. The molecule has 0 bridgehead atoms. The smallest absolute Gasteiger partial charge is 0.0647 e. The fraction of sp³-hybridized carbons (Fsp3) is 1.00. The van der Waals surface area contributed by atoms with Gasteiger partial charge in [0.25, 0.3) is 0 Å². The number of aliphatic hydroxyl groups is 1. The molecule has 1 N–H and O–H groups in total. The molecule has 0 aliphatic carbocycles. The van der Waals surface area contributed by atoms with Crippen LogP contribution in [0.2, 0.25) is 0 Å². The molecule has 2 heteroatoms. The topological polar surface area (TPSA) is 23.5 Å². The molecule has 0 aromatic rings. The van der Waals surface area contributed by atoms with E-state index in [1.807, 2.05) is 0 Å². The monoisotopic (exact) mass is 355 g/mol. The lowest BCUT2D eigenvalue weighted by molar-refractivity contribution is 0.00667. The molecule has 0 aliphatic heterocycles. The molecule has 0 amide bonds. The summed E-state index contributed by atoms with van der Waals surface area (Å²) in [6, 6.07) is 0. The van der Waals surface area contributed by atoms with Crippen molar-refractivity contribution in [2.45, 2.75) is 130 Å². The molecular formula is C23H49NO. The van der Waals surface area contributed by atoms with Crippen molar-refractivity contribution in [2.75, 3.05) is 19.6 Å². The highest BCUT2D eigenvalue weighted by atomic mass is 16.3. The van der Waals surface area contributed by atoms with Gasteiger partial charge in [-0.15, -0.1) is 0 Å². The zero-order valence-electron chi connectivity index (χ0n) is 18.1.